The average Bonchev–Trinajstić information content (AvgIpc) is 2.71. The molecule has 0 aromatic heterocycles. The molecule has 0 amide bonds. The van der Waals surface area contributed by atoms with E-state index < -0.39 is 8.80 Å². The van der Waals surface area contributed by atoms with Gasteiger partial charge in [0.25, 0.3) is 0 Å². The van der Waals surface area contributed by atoms with Crippen molar-refractivity contribution >= 4 is 20.6 Å². The summed E-state index contributed by atoms with van der Waals surface area (Å²) in [6.07, 6.45) is 2.84. The number of Topliss-reactive ketones (excluding diaryl/α,β-unsaturated/α-hetero) is 1. The number of carbonyl (C=O) groups excluding carboxylic acids is 2. The van der Waals surface area contributed by atoms with Gasteiger partial charge >= 0.3 is 14.8 Å². The van der Waals surface area contributed by atoms with Crippen LogP contribution in [0.4, 0.5) is 0 Å². The van der Waals surface area contributed by atoms with Gasteiger partial charge in [0.2, 0.25) is 0 Å². The van der Waals surface area contributed by atoms with Gasteiger partial charge in [0.05, 0.1) is 13.0 Å². The quantitative estimate of drug-likeness (QED) is 0.248. The monoisotopic (exact) mass is 425 g/mol. The Labute approximate surface area is 175 Å². The number of esters is 1. The van der Waals surface area contributed by atoms with Crippen LogP contribution in [-0.2, 0) is 40.4 Å². The van der Waals surface area contributed by atoms with Gasteiger partial charge in [-0.3, -0.25) is 9.59 Å². The molecule has 8 heteroatoms. The zero-order chi connectivity index (χ0) is 21.5. The molecule has 0 radical (unpaired) electrons. The van der Waals surface area contributed by atoms with Gasteiger partial charge in [0, 0.05) is 40.2 Å². The lowest BCUT2D eigenvalue weighted by atomic mass is 10.0. The molecule has 1 N–H and O–H groups in total. The summed E-state index contributed by atoms with van der Waals surface area (Å²) in [5.74, 6) is -0.0480. The first-order chi connectivity index (χ1) is 14.0. The van der Waals surface area contributed by atoms with Crippen molar-refractivity contribution in [3.8, 4) is 0 Å². The third-order valence-corrected chi connectivity index (χ3v) is 7.46. The maximum Gasteiger partial charge on any atom is 0.500 e. The van der Waals surface area contributed by atoms with Gasteiger partial charge < -0.3 is 23.3 Å². The molecule has 29 heavy (non-hydrogen) atoms. The Hall–Kier alpha value is -1.58. The second-order valence-electron chi connectivity index (χ2n) is 6.77. The predicted molar refractivity (Wildman–Crippen MR) is 114 cm³/mol. The SMILES string of the molecule is CCOC(=O)Cc1cccc(CC(=O)CCCNCCC[Si](OC)(OC)OC)c1. The maximum absolute atomic E-state index is 12.2. The number of hydrogen-bond acceptors (Lipinski definition) is 7. The van der Waals surface area contributed by atoms with E-state index in [9.17, 15) is 9.59 Å². The summed E-state index contributed by atoms with van der Waals surface area (Å²) in [6.45, 7) is 3.78. The number of benzene rings is 1. The first-order valence-electron chi connectivity index (χ1n) is 10.1. The molecule has 0 bridgehead atoms. The zero-order valence-corrected chi connectivity index (χ0v) is 19.1. The Kier molecular flexibility index (Phi) is 12.6. The van der Waals surface area contributed by atoms with Crippen molar-refractivity contribution < 1.29 is 27.6 Å². The van der Waals surface area contributed by atoms with E-state index in [0.29, 0.717) is 19.4 Å². The van der Waals surface area contributed by atoms with Gasteiger partial charge in [-0.25, -0.2) is 0 Å². The molecule has 1 rings (SSSR count). The lowest BCUT2D eigenvalue weighted by molar-refractivity contribution is -0.142. The van der Waals surface area contributed by atoms with Crippen molar-refractivity contribution in [2.75, 3.05) is 41.0 Å². The summed E-state index contributed by atoms with van der Waals surface area (Å²) in [6, 6.07) is 8.34. The molecule has 0 saturated heterocycles. The van der Waals surface area contributed by atoms with Crippen molar-refractivity contribution in [1.29, 1.82) is 0 Å². The fourth-order valence-electron chi connectivity index (χ4n) is 3.07. The van der Waals surface area contributed by atoms with E-state index in [0.717, 1.165) is 43.1 Å². The standard InChI is InChI=1S/C21H35NO6Si/c1-5-28-21(24)17-19-10-6-9-18(15-19)16-20(23)11-7-12-22-13-8-14-29(25-2,26-3)27-4/h6,9-10,15,22H,5,7-8,11-14,16-17H2,1-4H3. The molecular formula is C21H35NO6Si. The maximum atomic E-state index is 12.2. The van der Waals surface area contributed by atoms with Crippen LogP contribution < -0.4 is 5.32 Å². The highest BCUT2D eigenvalue weighted by Crippen LogP contribution is 2.14. The second-order valence-corrected chi connectivity index (χ2v) is 9.86. The minimum Gasteiger partial charge on any atom is -0.466 e. The smallest absolute Gasteiger partial charge is 0.466 e. The number of ether oxygens (including phenoxy) is 1. The lowest BCUT2D eigenvalue weighted by Gasteiger charge is -2.24. The van der Waals surface area contributed by atoms with Crippen LogP contribution in [0.15, 0.2) is 24.3 Å². The molecule has 0 spiro atoms. The Morgan fingerprint density at radius 2 is 1.59 bits per heavy atom. The van der Waals surface area contributed by atoms with Gasteiger partial charge in [-0.05, 0) is 44.0 Å². The van der Waals surface area contributed by atoms with Crippen LogP contribution in [0.1, 0.15) is 37.3 Å². The van der Waals surface area contributed by atoms with Crippen molar-refractivity contribution in [2.45, 2.75) is 45.1 Å². The summed E-state index contributed by atoms with van der Waals surface area (Å²) in [4.78, 5) is 23.8. The van der Waals surface area contributed by atoms with Crippen LogP contribution in [0.25, 0.3) is 0 Å². The van der Waals surface area contributed by atoms with Crippen LogP contribution in [-0.4, -0.2) is 61.6 Å². The number of hydrogen-bond donors (Lipinski definition) is 1. The molecule has 0 heterocycles. The third kappa shape index (κ3) is 10.1. The molecule has 7 nitrogen and oxygen atoms in total. The normalized spacial score (nSPS) is 11.4. The largest absolute Gasteiger partial charge is 0.500 e. The van der Waals surface area contributed by atoms with Crippen LogP contribution >= 0.6 is 0 Å². The number of rotatable bonds is 16. The summed E-state index contributed by atoms with van der Waals surface area (Å²) in [5, 5.41) is 3.34. The second kappa shape index (κ2) is 14.4. The van der Waals surface area contributed by atoms with E-state index in [1.54, 1.807) is 28.3 Å². The first-order valence-corrected chi connectivity index (χ1v) is 12.0. The molecule has 0 atom stereocenters. The molecule has 1 aromatic carbocycles. The molecule has 1 aromatic rings. The van der Waals surface area contributed by atoms with Gasteiger partial charge in [-0.15, -0.1) is 0 Å². The molecule has 0 unspecified atom stereocenters. The summed E-state index contributed by atoms with van der Waals surface area (Å²) < 4.78 is 21.1. The Balaban J connectivity index is 2.23. The van der Waals surface area contributed by atoms with Crippen LogP contribution in [0.2, 0.25) is 6.04 Å². The topological polar surface area (TPSA) is 83.1 Å². The van der Waals surface area contributed by atoms with E-state index >= 15 is 0 Å². The van der Waals surface area contributed by atoms with E-state index in [1.807, 2.05) is 24.3 Å². The third-order valence-electron chi connectivity index (χ3n) is 4.63. The Bertz CT molecular complexity index is 613. The summed E-state index contributed by atoms with van der Waals surface area (Å²) in [5.41, 5.74) is 1.81. The minimum absolute atomic E-state index is 0.199. The van der Waals surface area contributed by atoms with Crippen molar-refractivity contribution in [2.24, 2.45) is 0 Å². The number of ketones is 1. The highest BCUT2D eigenvalue weighted by Gasteiger charge is 2.36. The van der Waals surface area contributed by atoms with E-state index in [-0.39, 0.29) is 18.2 Å². The zero-order valence-electron chi connectivity index (χ0n) is 18.1. The van der Waals surface area contributed by atoms with Crippen molar-refractivity contribution in [1.82, 2.24) is 5.32 Å². The number of nitrogens with one attached hydrogen (secondary N) is 1. The minimum atomic E-state index is -2.49. The molecule has 0 aliphatic heterocycles. The van der Waals surface area contributed by atoms with Crippen molar-refractivity contribution in [3.05, 3.63) is 35.4 Å². The molecule has 0 fully saturated rings. The highest BCUT2D eigenvalue weighted by molar-refractivity contribution is 6.60. The molecular weight excluding hydrogens is 390 g/mol. The molecule has 0 saturated carbocycles. The summed E-state index contributed by atoms with van der Waals surface area (Å²) in [7, 11) is 2.36. The fraction of sp³-hybridized carbons (Fsp3) is 0.619. The van der Waals surface area contributed by atoms with Crippen LogP contribution in [0.5, 0.6) is 0 Å². The molecule has 0 aliphatic rings. The van der Waals surface area contributed by atoms with Crippen molar-refractivity contribution in [3.63, 3.8) is 0 Å². The summed E-state index contributed by atoms with van der Waals surface area (Å²) >= 11 is 0. The molecule has 0 aliphatic carbocycles. The van der Waals surface area contributed by atoms with Gasteiger partial charge in [0.1, 0.15) is 5.78 Å². The Morgan fingerprint density at radius 3 is 2.21 bits per heavy atom. The fourth-order valence-corrected chi connectivity index (χ4v) is 4.79. The predicted octanol–water partition coefficient (Wildman–Crippen LogP) is 2.54. The number of carbonyl (C=O) groups is 2. The van der Waals surface area contributed by atoms with Crippen LogP contribution in [0.3, 0.4) is 0 Å². The molecule has 164 valence electrons. The van der Waals surface area contributed by atoms with E-state index in [4.69, 9.17) is 18.0 Å². The lowest BCUT2D eigenvalue weighted by Crippen LogP contribution is -2.43. The van der Waals surface area contributed by atoms with Crippen LogP contribution in [0, 0.1) is 0 Å². The van der Waals surface area contributed by atoms with Gasteiger partial charge in [0.15, 0.2) is 0 Å². The van der Waals surface area contributed by atoms with Gasteiger partial charge in [-0.1, -0.05) is 24.3 Å². The van der Waals surface area contributed by atoms with E-state index in [2.05, 4.69) is 5.32 Å². The average molecular weight is 426 g/mol. The first kappa shape index (κ1) is 25.5. The highest BCUT2D eigenvalue weighted by atomic mass is 28.4. The Morgan fingerprint density at radius 1 is 0.966 bits per heavy atom. The van der Waals surface area contributed by atoms with E-state index in [1.165, 1.54) is 0 Å². The van der Waals surface area contributed by atoms with Gasteiger partial charge in [-0.2, -0.15) is 0 Å².